The first-order chi connectivity index (χ1) is 9.72. The van der Waals surface area contributed by atoms with Gasteiger partial charge in [0.2, 0.25) is 0 Å². The molecule has 3 aromatic rings. The van der Waals surface area contributed by atoms with E-state index in [2.05, 4.69) is 19.9 Å². The SMILES string of the molecule is Oc1cc2ncnc(N3CCc4ccc(Cl)cc43)c2[nH]1. The molecule has 0 atom stereocenters. The number of aromatic nitrogens is 3. The molecule has 1 aliphatic rings. The first-order valence-electron chi connectivity index (χ1n) is 6.31. The molecule has 5 nitrogen and oxygen atoms in total. The quantitative estimate of drug-likeness (QED) is 0.722. The lowest BCUT2D eigenvalue weighted by Crippen LogP contribution is -2.15. The number of aromatic amines is 1. The van der Waals surface area contributed by atoms with Gasteiger partial charge in [-0.1, -0.05) is 17.7 Å². The van der Waals surface area contributed by atoms with Crippen molar-refractivity contribution in [3.8, 4) is 5.88 Å². The number of anilines is 2. The number of hydrogen-bond acceptors (Lipinski definition) is 4. The van der Waals surface area contributed by atoms with Gasteiger partial charge in [0, 0.05) is 23.3 Å². The van der Waals surface area contributed by atoms with Crippen LogP contribution < -0.4 is 4.90 Å². The molecule has 0 amide bonds. The normalized spacial score (nSPS) is 13.9. The van der Waals surface area contributed by atoms with E-state index in [0.29, 0.717) is 10.5 Å². The summed E-state index contributed by atoms with van der Waals surface area (Å²) in [4.78, 5) is 13.5. The molecule has 0 spiro atoms. The fourth-order valence-electron chi connectivity index (χ4n) is 2.69. The number of H-pyrrole nitrogens is 1. The lowest BCUT2D eigenvalue weighted by Gasteiger charge is -2.18. The summed E-state index contributed by atoms with van der Waals surface area (Å²) in [6, 6.07) is 7.48. The van der Waals surface area contributed by atoms with Gasteiger partial charge in [-0.3, -0.25) is 0 Å². The third-order valence-electron chi connectivity index (χ3n) is 3.58. The van der Waals surface area contributed by atoms with Crippen molar-refractivity contribution in [2.24, 2.45) is 0 Å². The lowest BCUT2D eigenvalue weighted by molar-refractivity contribution is 0.458. The molecule has 0 saturated heterocycles. The van der Waals surface area contributed by atoms with Crippen LogP contribution >= 0.6 is 11.6 Å². The van der Waals surface area contributed by atoms with E-state index in [0.717, 1.165) is 30.0 Å². The molecule has 2 N–H and O–H groups in total. The third-order valence-corrected chi connectivity index (χ3v) is 3.82. The van der Waals surface area contributed by atoms with E-state index < -0.39 is 0 Å². The molecule has 0 radical (unpaired) electrons. The number of nitrogens with zero attached hydrogens (tertiary/aromatic N) is 3. The molecule has 100 valence electrons. The van der Waals surface area contributed by atoms with Crippen LogP contribution in [0.15, 0.2) is 30.6 Å². The van der Waals surface area contributed by atoms with Crippen LogP contribution in [0.1, 0.15) is 5.56 Å². The zero-order valence-corrected chi connectivity index (χ0v) is 11.2. The third kappa shape index (κ3) is 1.63. The molecule has 3 heterocycles. The Bertz CT molecular complexity index is 814. The van der Waals surface area contributed by atoms with Crippen molar-refractivity contribution in [1.29, 1.82) is 0 Å². The molecule has 4 rings (SSSR count). The van der Waals surface area contributed by atoms with Gasteiger partial charge in [0.25, 0.3) is 0 Å². The first-order valence-corrected chi connectivity index (χ1v) is 6.69. The Balaban J connectivity index is 1.92. The molecular formula is C14H11ClN4O. The molecule has 1 aromatic carbocycles. The fourth-order valence-corrected chi connectivity index (χ4v) is 2.86. The van der Waals surface area contributed by atoms with E-state index in [1.54, 1.807) is 6.07 Å². The highest BCUT2D eigenvalue weighted by Crippen LogP contribution is 2.38. The molecular weight excluding hydrogens is 276 g/mol. The summed E-state index contributed by atoms with van der Waals surface area (Å²) in [5, 5.41) is 10.3. The van der Waals surface area contributed by atoms with Gasteiger partial charge in [0.15, 0.2) is 11.7 Å². The van der Waals surface area contributed by atoms with E-state index >= 15 is 0 Å². The number of fused-ring (bicyclic) bond motifs is 2. The van der Waals surface area contributed by atoms with E-state index in [9.17, 15) is 5.11 Å². The van der Waals surface area contributed by atoms with E-state index in [-0.39, 0.29) is 5.88 Å². The second kappa shape index (κ2) is 4.11. The van der Waals surface area contributed by atoms with Gasteiger partial charge in [0.05, 0.1) is 5.52 Å². The van der Waals surface area contributed by atoms with Crippen molar-refractivity contribution in [2.45, 2.75) is 6.42 Å². The van der Waals surface area contributed by atoms with Gasteiger partial charge in [-0.05, 0) is 24.1 Å². The van der Waals surface area contributed by atoms with Crippen LogP contribution in [0.2, 0.25) is 5.02 Å². The van der Waals surface area contributed by atoms with E-state index in [4.69, 9.17) is 11.6 Å². The van der Waals surface area contributed by atoms with Crippen LogP contribution in [0.25, 0.3) is 11.0 Å². The van der Waals surface area contributed by atoms with Crippen molar-refractivity contribution < 1.29 is 5.11 Å². The van der Waals surface area contributed by atoms with Crippen molar-refractivity contribution in [2.75, 3.05) is 11.4 Å². The Morgan fingerprint density at radius 2 is 2.15 bits per heavy atom. The van der Waals surface area contributed by atoms with Gasteiger partial charge in [-0.2, -0.15) is 0 Å². The largest absolute Gasteiger partial charge is 0.495 e. The Kier molecular flexibility index (Phi) is 2.37. The maximum atomic E-state index is 9.60. The Morgan fingerprint density at radius 1 is 1.25 bits per heavy atom. The van der Waals surface area contributed by atoms with Crippen LogP contribution in [0.4, 0.5) is 11.5 Å². The molecule has 2 aromatic heterocycles. The average molecular weight is 287 g/mol. The topological polar surface area (TPSA) is 65.0 Å². The summed E-state index contributed by atoms with van der Waals surface area (Å²) in [7, 11) is 0. The maximum Gasteiger partial charge on any atom is 0.191 e. The first kappa shape index (κ1) is 11.5. The molecule has 0 saturated carbocycles. The van der Waals surface area contributed by atoms with Crippen LogP contribution in [0.3, 0.4) is 0 Å². The monoisotopic (exact) mass is 286 g/mol. The van der Waals surface area contributed by atoms with Crippen molar-refractivity contribution in [3.63, 3.8) is 0 Å². The van der Waals surface area contributed by atoms with Crippen LogP contribution in [-0.2, 0) is 6.42 Å². The Labute approximate surface area is 119 Å². The smallest absolute Gasteiger partial charge is 0.191 e. The molecule has 0 unspecified atom stereocenters. The number of nitrogens with one attached hydrogen (secondary N) is 1. The zero-order chi connectivity index (χ0) is 13.7. The highest BCUT2D eigenvalue weighted by molar-refractivity contribution is 6.31. The second-order valence-electron chi connectivity index (χ2n) is 4.79. The fraction of sp³-hybridized carbons (Fsp3) is 0.143. The van der Waals surface area contributed by atoms with Crippen LogP contribution in [0.5, 0.6) is 5.88 Å². The summed E-state index contributed by atoms with van der Waals surface area (Å²) in [6.45, 7) is 0.835. The average Bonchev–Trinajstić information content (AvgIpc) is 3.00. The van der Waals surface area contributed by atoms with Gasteiger partial charge < -0.3 is 15.0 Å². The summed E-state index contributed by atoms with van der Waals surface area (Å²) in [5.74, 6) is 0.851. The molecule has 1 aliphatic heterocycles. The minimum absolute atomic E-state index is 0.0901. The van der Waals surface area contributed by atoms with Crippen LogP contribution in [0, 0.1) is 0 Å². The predicted octanol–water partition coefficient (Wildman–Crippen LogP) is 3.01. The number of rotatable bonds is 1. The van der Waals surface area contributed by atoms with Crippen molar-refractivity contribution >= 4 is 34.1 Å². The summed E-state index contributed by atoms with van der Waals surface area (Å²) in [6.07, 6.45) is 2.46. The van der Waals surface area contributed by atoms with E-state index in [1.165, 1.54) is 11.9 Å². The van der Waals surface area contributed by atoms with Crippen LogP contribution in [-0.4, -0.2) is 26.6 Å². The van der Waals surface area contributed by atoms with Gasteiger partial charge in [-0.15, -0.1) is 0 Å². The molecule has 0 bridgehead atoms. The Hall–Kier alpha value is -2.27. The van der Waals surface area contributed by atoms with Gasteiger partial charge in [-0.25, -0.2) is 9.97 Å². The number of aromatic hydroxyl groups is 1. The number of hydrogen-bond donors (Lipinski definition) is 2. The number of benzene rings is 1. The molecule has 6 heteroatoms. The molecule has 20 heavy (non-hydrogen) atoms. The minimum Gasteiger partial charge on any atom is -0.495 e. The van der Waals surface area contributed by atoms with Crippen molar-refractivity contribution in [3.05, 3.63) is 41.2 Å². The molecule has 0 fully saturated rings. The second-order valence-corrected chi connectivity index (χ2v) is 5.22. The minimum atomic E-state index is 0.0901. The summed E-state index contributed by atoms with van der Waals surface area (Å²) in [5.41, 5.74) is 3.74. The standard InChI is InChI=1S/C14H11ClN4O/c15-9-2-1-8-3-4-19(11(8)5-9)14-13-10(16-7-17-14)6-12(20)18-13/h1-2,5-7,18,20H,3-4H2. The number of halogens is 1. The maximum absolute atomic E-state index is 9.60. The van der Waals surface area contributed by atoms with Crippen molar-refractivity contribution in [1.82, 2.24) is 15.0 Å². The summed E-state index contributed by atoms with van der Waals surface area (Å²) >= 11 is 6.09. The highest BCUT2D eigenvalue weighted by Gasteiger charge is 2.24. The predicted molar refractivity (Wildman–Crippen MR) is 77.7 cm³/mol. The Morgan fingerprint density at radius 3 is 3.05 bits per heavy atom. The zero-order valence-electron chi connectivity index (χ0n) is 10.5. The van der Waals surface area contributed by atoms with E-state index in [1.807, 2.05) is 18.2 Å². The van der Waals surface area contributed by atoms with Gasteiger partial charge >= 0.3 is 0 Å². The lowest BCUT2D eigenvalue weighted by atomic mass is 10.2. The summed E-state index contributed by atoms with van der Waals surface area (Å²) < 4.78 is 0. The molecule has 0 aliphatic carbocycles. The highest BCUT2D eigenvalue weighted by atomic mass is 35.5. The van der Waals surface area contributed by atoms with Gasteiger partial charge in [0.1, 0.15) is 11.8 Å².